The summed E-state index contributed by atoms with van der Waals surface area (Å²) in [7, 11) is 0. The van der Waals surface area contributed by atoms with Crippen molar-refractivity contribution in [2.45, 2.75) is 18.9 Å². The van der Waals surface area contributed by atoms with Crippen molar-refractivity contribution in [3.8, 4) is 0 Å². The maximum Gasteiger partial charge on any atom is 0.251 e. The highest BCUT2D eigenvalue weighted by Gasteiger charge is 2.29. The molecule has 3 nitrogen and oxygen atoms in total. The number of rotatable bonds is 5. The zero-order valence-corrected chi connectivity index (χ0v) is 16.0. The van der Waals surface area contributed by atoms with Crippen LogP contribution in [0.25, 0.3) is 10.8 Å². The Hall–Kier alpha value is -2.36. The third kappa shape index (κ3) is 4.00. The van der Waals surface area contributed by atoms with E-state index in [2.05, 4.69) is 47.8 Å². The normalized spacial score (nSPS) is 15.7. The Morgan fingerprint density at radius 1 is 0.963 bits per heavy atom. The van der Waals surface area contributed by atoms with Crippen molar-refractivity contribution in [3.05, 3.63) is 82.9 Å². The number of amides is 1. The van der Waals surface area contributed by atoms with E-state index >= 15 is 0 Å². The number of hydrogen-bond donors (Lipinski definition) is 2. The molecule has 0 unspecified atom stereocenters. The predicted octanol–water partition coefficient (Wildman–Crippen LogP) is 3.64. The molecule has 1 saturated heterocycles. The summed E-state index contributed by atoms with van der Waals surface area (Å²) in [5.41, 5.74) is 1.97. The number of hydrogen-bond acceptors (Lipinski definition) is 1. The summed E-state index contributed by atoms with van der Waals surface area (Å²) < 4.78 is 0. The average molecular weight is 380 g/mol. The second-order valence-corrected chi connectivity index (χ2v) is 7.64. The molecule has 1 aliphatic heterocycles. The van der Waals surface area contributed by atoms with Gasteiger partial charge in [0, 0.05) is 29.0 Å². The molecule has 0 aliphatic carbocycles. The number of halogens is 1. The lowest BCUT2D eigenvalue weighted by Crippen LogP contribution is -3.11. The molecular formula is C23H24ClN2O+. The van der Waals surface area contributed by atoms with Gasteiger partial charge in [-0.15, -0.1) is 0 Å². The molecule has 1 heterocycles. The van der Waals surface area contributed by atoms with Gasteiger partial charge in [-0.05, 0) is 35.0 Å². The highest BCUT2D eigenvalue weighted by atomic mass is 35.5. The van der Waals surface area contributed by atoms with Crippen LogP contribution in [0.4, 0.5) is 0 Å². The molecule has 0 saturated carbocycles. The van der Waals surface area contributed by atoms with Gasteiger partial charge in [-0.1, -0.05) is 54.1 Å². The molecule has 0 bridgehead atoms. The van der Waals surface area contributed by atoms with Gasteiger partial charge < -0.3 is 10.2 Å². The van der Waals surface area contributed by atoms with Crippen LogP contribution in [0.1, 0.15) is 34.8 Å². The van der Waals surface area contributed by atoms with Crippen molar-refractivity contribution >= 4 is 28.3 Å². The van der Waals surface area contributed by atoms with Gasteiger partial charge in [-0.3, -0.25) is 4.79 Å². The SMILES string of the molecule is O=C(NC[C@@H](c1cccc2ccccc12)[NH+]1CCCC1)c1ccc(Cl)cc1. The van der Waals surface area contributed by atoms with Crippen LogP contribution in [-0.2, 0) is 0 Å². The number of fused-ring (bicyclic) bond motifs is 1. The van der Waals surface area contributed by atoms with Crippen molar-refractivity contribution < 1.29 is 9.69 Å². The fraction of sp³-hybridized carbons (Fsp3) is 0.261. The molecule has 2 N–H and O–H groups in total. The molecular weight excluding hydrogens is 356 g/mol. The monoisotopic (exact) mass is 379 g/mol. The third-order valence-corrected chi connectivity index (χ3v) is 5.76. The minimum Gasteiger partial charge on any atom is -0.346 e. The molecule has 1 atom stereocenters. The van der Waals surface area contributed by atoms with E-state index < -0.39 is 0 Å². The van der Waals surface area contributed by atoms with E-state index in [-0.39, 0.29) is 11.9 Å². The topological polar surface area (TPSA) is 33.5 Å². The first kappa shape index (κ1) is 18.0. The number of carbonyl (C=O) groups excluding carboxylic acids is 1. The van der Waals surface area contributed by atoms with Crippen LogP contribution in [0.2, 0.25) is 5.02 Å². The third-order valence-electron chi connectivity index (χ3n) is 5.51. The zero-order chi connectivity index (χ0) is 18.6. The Bertz CT molecular complexity index is 927. The molecule has 1 amide bonds. The van der Waals surface area contributed by atoms with E-state index in [0.717, 1.165) is 13.1 Å². The lowest BCUT2D eigenvalue weighted by atomic mass is 9.97. The molecule has 0 spiro atoms. The fourth-order valence-corrected chi connectivity index (χ4v) is 4.23. The van der Waals surface area contributed by atoms with Gasteiger partial charge >= 0.3 is 0 Å². The minimum atomic E-state index is -0.0458. The van der Waals surface area contributed by atoms with E-state index in [4.69, 9.17) is 11.6 Å². The van der Waals surface area contributed by atoms with Gasteiger partial charge in [0.25, 0.3) is 5.91 Å². The van der Waals surface area contributed by atoms with Crippen molar-refractivity contribution in [1.82, 2.24) is 5.32 Å². The molecule has 27 heavy (non-hydrogen) atoms. The van der Waals surface area contributed by atoms with Crippen LogP contribution < -0.4 is 10.2 Å². The lowest BCUT2D eigenvalue weighted by Gasteiger charge is -2.26. The van der Waals surface area contributed by atoms with E-state index in [0.29, 0.717) is 17.1 Å². The first-order valence-electron chi connectivity index (χ1n) is 9.58. The number of carbonyl (C=O) groups is 1. The maximum atomic E-state index is 12.6. The van der Waals surface area contributed by atoms with E-state index in [1.54, 1.807) is 29.2 Å². The molecule has 3 aromatic rings. The Balaban J connectivity index is 1.59. The molecule has 138 valence electrons. The summed E-state index contributed by atoms with van der Waals surface area (Å²) in [5.74, 6) is -0.0458. The highest BCUT2D eigenvalue weighted by molar-refractivity contribution is 6.30. The van der Waals surface area contributed by atoms with Crippen molar-refractivity contribution in [2.24, 2.45) is 0 Å². The standard InChI is InChI=1S/C23H23ClN2O/c24-19-12-10-18(11-13-19)23(27)25-16-22(26-14-3-4-15-26)21-9-5-7-17-6-1-2-8-20(17)21/h1-2,5-13,22H,3-4,14-16H2,(H,25,27)/p+1/t22-/m0/s1. The predicted molar refractivity (Wildman–Crippen MR) is 110 cm³/mol. The number of nitrogens with one attached hydrogen (secondary N) is 2. The van der Waals surface area contributed by atoms with Crippen LogP contribution in [0.3, 0.4) is 0 Å². The molecule has 4 heteroatoms. The van der Waals surface area contributed by atoms with Gasteiger partial charge in [0.1, 0.15) is 6.04 Å². The Labute approximate surface area is 164 Å². The second kappa shape index (κ2) is 8.12. The van der Waals surface area contributed by atoms with E-state index in [1.165, 1.54) is 29.2 Å². The quantitative estimate of drug-likeness (QED) is 0.697. The zero-order valence-electron chi connectivity index (χ0n) is 15.2. The number of likely N-dealkylation sites (tertiary alicyclic amines) is 1. The van der Waals surface area contributed by atoms with Gasteiger partial charge in [0.2, 0.25) is 0 Å². The summed E-state index contributed by atoms with van der Waals surface area (Å²) in [4.78, 5) is 14.2. The van der Waals surface area contributed by atoms with Crippen LogP contribution >= 0.6 is 11.6 Å². The summed E-state index contributed by atoms with van der Waals surface area (Å²) >= 11 is 5.93. The smallest absolute Gasteiger partial charge is 0.251 e. The summed E-state index contributed by atoms with van der Waals surface area (Å²) in [5, 5.41) is 6.33. The van der Waals surface area contributed by atoms with Crippen LogP contribution in [0, 0.1) is 0 Å². The van der Waals surface area contributed by atoms with Gasteiger partial charge in [-0.2, -0.15) is 0 Å². The summed E-state index contributed by atoms with van der Waals surface area (Å²) in [6.07, 6.45) is 2.50. The summed E-state index contributed by atoms with van der Waals surface area (Å²) in [6, 6.07) is 22.3. The Morgan fingerprint density at radius 3 is 2.44 bits per heavy atom. The highest BCUT2D eigenvalue weighted by Crippen LogP contribution is 2.23. The Kier molecular flexibility index (Phi) is 5.42. The summed E-state index contributed by atoms with van der Waals surface area (Å²) in [6.45, 7) is 2.94. The minimum absolute atomic E-state index is 0.0458. The molecule has 0 radical (unpaired) electrons. The van der Waals surface area contributed by atoms with E-state index in [9.17, 15) is 4.79 Å². The lowest BCUT2D eigenvalue weighted by molar-refractivity contribution is -0.918. The molecule has 1 aliphatic rings. The Morgan fingerprint density at radius 2 is 1.67 bits per heavy atom. The van der Waals surface area contributed by atoms with Crippen molar-refractivity contribution in [2.75, 3.05) is 19.6 Å². The largest absolute Gasteiger partial charge is 0.346 e. The van der Waals surface area contributed by atoms with E-state index in [1.807, 2.05) is 0 Å². The van der Waals surface area contributed by atoms with Gasteiger partial charge in [-0.25, -0.2) is 0 Å². The second-order valence-electron chi connectivity index (χ2n) is 7.20. The average Bonchev–Trinajstić information content (AvgIpc) is 3.23. The van der Waals surface area contributed by atoms with Gasteiger partial charge in [0.05, 0.1) is 19.6 Å². The first-order valence-corrected chi connectivity index (χ1v) is 9.96. The van der Waals surface area contributed by atoms with Crippen LogP contribution in [0.15, 0.2) is 66.7 Å². The van der Waals surface area contributed by atoms with Crippen LogP contribution in [-0.4, -0.2) is 25.5 Å². The maximum absolute atomic E-state index is 12.6. The van der Waals surface area contributed by atoms with Crippen LogP contribution in [0.5, 0.6) is 0 Å². The van der Waals surface area contributed by atoms with Crippen molar-refractivity contribution in [3.63, 3.8) is 0 Å². The van der Waals surface area contributed by atoms with Crippen molar-refractivity contribution in [1.29, 1.82) is 0 Å². The molecule has 1 fully saturated rings. The number of benzene rings is 3. The molecule has 0 aromatic heterocycles. The number of quaternary nitrogens is 1. The van der Waals surface area contributed by atoms with Gasteiger partial charge in [0.15, 0.2) is 0 Å². The fourth-order valence-electron chi connectivity index (χ4n) is 4.10. The molecule has 3 aromatic carbocycles. The molecule has 4 rings (SSSR count). The first-order chi connectivity index (χ1) is 13.2.